The predicted molar refractivity (Wildman–Crippen MR) is 131 cm³/mol. The zero-order valence-electron chi connectivity index (χ0n) is 18.5. The van der Waals surface area contributed by atoms with Crippen LogP contribution in [-0.4, -0.2) is 37.7 Å². The first-order valence-corrected chi connectivity index (χ1v) is 10.7. The van der Waals surface area contributed by atoms with Crippen molar-refractivity contribution in [1.29, 1.82) is 0 Å². The Morgan fingerprint density at radius 2 is 1.71 bits per heavy atom. The molecule has 8 heteroatoms. The van der Waals surface area contributed by atoms with Gasteiger partial charge in [0.15, 0.2) is 6.61 Å². The van der Waals surface area contributed by atoms with Gasteiger partial charge in [0, 0.05) is 22.0 Å². The van der Waals surface area contributed by atoms with Crippen LogP contribution in [0.15, 0.2) is 72.8 Å². The summed E-state index contributed by atoms with van der Waals surface area (Å²) >= 11 is 5.99. The molecule has 0 aliphatic heterocycles. The Kier molecular flexibility index (Phi) is 6.94. The van der Waals surface area contributed by atoms with Gasteiger partial charge >= 0.3 is 5.97 Å². The molecular weight excluding hydrogens is 456 g/mol. The number of anilines is 1. The molecule has 34 heavy (non-hydrogen) atoms. The molecule has 0 aliphatic rings. The van der Waals surface area contributed by atoms with Crippen LogP contribution in [0.5, 0.6) is 11.5 Å². The second-order valence-corrected chi connectivity index (χ2v) is 7.71. The molecule has 0 saturated heterocycles. The summed E-state index contributed by atoms with van der Waals surface area (Å²) in [5, 5.41) is 3.91. The van der Waals surface area contributed by atoms with Gasteiger partial charge in [-0.25, -0.2) is 9.78 Å². The molecule has 1 aromatic heterocycles. The van der Waals surface area contributed by atoms with Crippen molar-refractivity contribution in [3.8, 4) is 22.8 Å². The molecule has 4 aromatic rings. The Morgan fingerprint density at radius 1 is 0.941 bits per heavy atom. The lowest BCUT2D eigenvalue weighted by Gasteiger charge is -2.12. The third kappa shape index (κ3) is 5.10. The van der Waals surface area contributed by atoms with Crippen molar-refractivity contribution in [3.63, 3.8) is 0 Å². The minimum atomic E-state index is -0.634. The van der Waals surface area contributed by atoms with Crippen LogP contribution < -0.4 is 14.8 Å². The molecule has 1 amide bonds. The second kappa shape index (κ2) is 10.2. The summed E-state index contributed by atoms with van der Waals surface area (Å²) in [4.78, 5) is 30.1. The molecule has 1 heterocycles. The lowest BCUT2D eigenvalue weighted by atomic mass is 10.0. The fourth-order valence-corrected chi connectivity index (χ4v) is 3.54. The lowest BCUT2D eigenvalue weighted by molar-refractivity contribution is -0.119. The summed E-state index contributed by atoms with van der Waals surface area (Å²) in [5.41, 5.74) is 2.77. The van der Waals surface area contributed by atoms with E-state index in [1.54, 1.807) is 42.5 Å². The van der Waals surface area contributed by atoms with E-state index in [1.807, 2.05) is 30.3 Å². The van der Waals surface area contributed by atoms with Crippen LogP contribution in [0, 0.1) is 0 Å². The number of benzene rings is 3. The maximum absolute atomic E-state index is 13.0. The number of halogens is 1. The third-order valence-electron chi connectivity index (χ3n) is 5.09. The quantitative estimate of drug-likeness (QED) is 0.361. The maximum Gasteiger partial charge on any atom is 0.339 e. The number of nitrogens with zero attached hydrogens (tertiary/aromatic N) is 1. The van der Waals surface area contributed by atoms with Crippen molar-refractivity contribution in [3.05, 3.63) is 83.4 Å². The van der Waals surface area contributed by atoms with Crippen LogP contribution in [0.25, 0.3) is 22.2 Å². The Balaban J connectivity index is 1.54. The summed E-state index contributed by atoms with van der Waals surface area (Å²) in [6.45, 7) is -0.471. The van der Waals surface area contributed by atoms with Crippen LogP contribution >= 0.6 is 11.6 Å². The molecule has 0 unspecified atom stereocenters. The Labute approximate surface area is 201 Å². The molecule has 1 N–H and O–H groups in total. The zero-order valence-corrected chi connectivity index (χ0v) is 19.3. The Hall–Kier alpha value is -4.10. The molecule has 3 aromatic carbocycles. The van der Waals surface area contributed by atoms with E-state index in [9.17, 15) is 9.59 Å². The molecule has 0 aliphatic carbocycles. The third-order valence-corrected chi connectivity index (χ3v) is 5.35. The van der Waals surface area contributed by atoms with Crippen LogP contribution in [0.1, 0.15) is 10.4 Å². The minimum absolute atomic E-state index is 0.311. The Bertz CT molecular complexity index is 1360. The summed E-state index contributed by atoms with van der Waals surface area (Å²) < 4.78 is 15.8. The van der Waals surface area contributed by atoms with E-state index in [2.05, 4.69) is 10.3 Å². The SMILES string of the molecule is COc1ccc(NC(=O)COC(=O)c2cc(-c3ccc(Cl)cc3)nc3ccccc23)c(OC)c1. The number of rotatable bonds is 7. The number of hydrogen-bond acceptors (Lipinski definition) is 6. The topological polar surface area (TPSA) is 86.8 Å². The van der Waals surface area contributed by atoms with E-state index in [1.165, 1.54) is 14.2 Å². The smallest absolute Gasteiger partial charge is 0.339 e. The number of pyridine rings is 1. The molecular formula is C26H21ClN2O5. The van der Waals surface area contributed by atoms with E-state index in [0.29, 0.717) is 44.4 Å². The lowest BCUT2D eigenvalue weighted by Crippen LogP contribution is -2.21. The molecule has 0 saturated carbocycles. The van der Waals surface area contributed by atoms with Crippen molar-refractivity contribution in [2.75, 3.05) is 26.1 Å². The van der Waals surface area contributed by atoms with Crippen molar-refractivity contribution < 1.29 is 23.8 Å². The number of hydrogen-bond donors (Lipinski definition) is 1. The van der Waals surface area contributed by atoms with Gasteiger partial charge in [0.2, 0.25) is 0 Å². The standard InChI is InChI=1S/C26H21ClN2O5/c1-32-18-11-12-22(24(13-18)33-2)29-25(30)15-34-26(31)20-14-23(16-7-9-17(27)10-8-16)28-21-6-4-3-5-19(20)21/h3-14H,15H2,1-2H3,(H,29,30). The van der Waals surface area contributed by atoms with Gasteiger partial charge in [0.05, 0.1) is 36.7 Å². The van der Waals surface area contributed by atoms with Crippen LogP contribution in [-0.2, 0) is 9.53 Å². The molecule has 172 valence electrons. The number of nitrogens with one attached hydrogen (secondary N) is 1. The summed E-state index contributed by atoms with van der Waals surface area (Å²) in [6, 6.07) is 21.0. The molecule has 0 spiro atoms. The largest absolute Gasteiger partial charge is 0.497 e. The highest BCUT2D eigenvalue weighted by Crippen LogP contribution is 2.29. The average Bonchev–Trinajstić information content (AvgIpc) is 2.87. The van der Waals surface area contributed by atoms with Crippen LogP contribution in [0.2, 0.25) is 5.02 Å². The first kappa shape index (κ1) is 23.1. The minimum Gasteiger partial charge on any atom is -0.497 e. The van der Waals surface area contributed by atoms with E-state index in [4.69, 9.17) is 25.8 Å². The summed E-state index contributed by atoms with van der Waals surface area (Å²) in [5.74, 6) is -0.132. The van der Waals surface area contributed by atoms with Gasteiger partial charge in [-0.05, 0) is 36.4 Å². The van der Waals surface area contributed by atoms with E-state index in [0.717, 1.165) is 5.56 Å². The molecule has 0 atom stereocenters. The monoisotopic (exact) mass is 476 g/mol. The van der Waals surface area contributed by atoms with Gasteiger partial charge in [-0.3, -0.25) is 4.79 Å². The van der Waals surface area contributed by atoms with Crippen LogP contribution in [0.3, 0.4) is 0 Å². The highest BCUT2D eigenvalue weighted by Gasteiger charge is 2.17. The van der Waals surface area contributed by atoms with Gasteiger partial charge in [0.1, 0.15) is 11.5 Å². The molecule has 0 bridgehead atoms. The van der Waals surface area contributed by atoms with E-state index >= 15 is 0 Å². The average molecular weight is 477 g/mol. The van der Waals surface area contributed by atoms with Crippen molar-refractivity contribution in [1.82, 2.24) is 4.98 Å². The van der Waals surface area contributed by atoms with Crippen molar-refractivity contribution in [2.24, 2.45) is 0 Å². The number of methoxy groups -OCH3 is 2. The van der Waals surface area contributed by atoms with Gasteiger partial charge < -0.3 is 19.5 Å². The van der Waals surface area contributed by atoms with E-state index in [-0.39, 0.29) is 0 Å². The van der Waals surface area contributed by atoms with Gasteiger partial charge in [-0.2, -0.15) is 0 Å². The number of ether oxygens (including phenoxy) is 3. The van der Waals surface area contributed by atoms with Crippen LogP contribution in [0.4, 0.5) is 5.69 Å². The highest BCUT2D eigenvalue weighted by molar-refractivity contribution is 6.30. The molecule has 7 nitrogen and oxygen atoms in total. The van der Waals surface area contributed by atoms with Gasteiger partial charge in [-0.1, -0.05) is 41.9 Å². The number of carbonyl (C=O) groups excluding carboxylic acids is 2. The summed E-state index contributed by atoms with van der Waals surface area (Å²) in [7, 11) is 3.02. The maximum atomic E-state index is 13.0. The molecule has 4 rings (SSSR count). The van der Waals surface area contributed by atoms with Gasteiger partial charge in [-0.15, -0.1) is 0 Å². The highest BCUT2D eigenvalue weighted by atomic mass is 35.5. The van der Waals surface area contributed by atoms with Crippen molar-refractivity contribution in [2.45, 2.75) is 0 Å². The van der Waals surface area contributed by atoms with Gasteiger partial charge in [0.25, 0.3) is 5.91 Å². The molecule has 0 radical (unpaired) electrons. The van der Waals surface area contributed by atoms with Crippen molar-refractivity contribution >= 4 is 40.1 Å². The predicted octanol–water partition coefficient (Wildman–Crippen LogP) is 5.37. The number of esters is 1. The normalized spacial score (nSPS) is 10.6. The molecule has 0 fully saturated rings. The second-order valence-electron chi connectivity index (χ2n) is 7.27. The fraction of sp³-hybridized carbons (Fsp3) is 0.115. The number of para-hydroxylation sites is 1. The number of aromatic nitrogens is 1. The zero-order chi connectivity index (χ0) is 24.1. The number of fused-ring (bicyclic) bond motifs is 1. The first-order chi connectivity index (χ1) is 16.5. The fourth-order valence-electron chi connectivity index (χ4n) is 3.41. The van der Waals surface area contributed by atoms with E-state index < -0.39 is 18.5 Å². The number of carbonyl (C=O) groups is 2. The number of amides is 1. The Morgan fingerprint density at radius 3 is 2.44 bits per heavy atom. The summed E-state index contributed by atoms with van der Waals surface area (Å²) in [6.07, 6.45) is 0. The first-order valence-electron chi connectivity index (χ1n) is 10.3.